The van der Waals surface area contributed by atoms with Crippen molar-refractivity contribution in [3.63, 3.8) is 0 Å². The van der Waals surface area contributed by atoms with Crippen molar-refractivity contribution in [2.45, 2.75) is 38.1 Å². The van der Waals surface area contributed by atoms with Gasteiger partial charge >= 0.3 is 0 Å². The van der Waals surface area contributed by atoms with E-state index >= 15 is 0 Å². The van der Waals surface area contributed by atoms with Gasteiger partial charge in [-0.15, -0.1) is 0 Å². The third kappa shape index (κ3) is 3.57. The van der Waals surface area contributed by atoms with Gasteiger partial charge in [-0.2, -0.15) is 5.26 Å². The van der Waals surface area contributed by atoms with E-state index in [0.29, 0.717) is 6.04 Å². The molecule has 0 aliphatic heterocycles. The fraction of sp³-hybridized carbons (Fsp3) is 0.533. The second kappa shape index (κ2) is 6.42. The lowest BCUT2D eigenvalue weighted by Crippen LogP contribution is -2.38. The molecule has 17 heavy (non-hydrogen) atoms. The second-order valence-corrected chi connectivity index (χ2v) is 4.82. The lowest BCUT2D eigenvalue weighted by Gasteiger charge is -2.27. The Morgan fingerprint density at radius 2 is 1.94 bits per heavy atom. The molecule has 0 aromatic heterocycles. The molecule has 1 aliphatic rings. The van der Waals surface area contributed by atoms with Gasteiger partial charge in [-0.25, -0.2) is 0 Å². The Morgan fingerprint density at radius 3 is 2.71 bits per heavy atom. The van der Waals surface area contributed by atoms with Gasteiger partial charge in [-0.05, 0) is 31.4 Å². The maximum Gasteiger partial charge on any atom is 0.0672 e. The molecule has 0 heterocycles. The number of rotatable bonds is 4. The van der Waals surface area contributed by atoms with Crippen molar-refractivity contribution in [1.29, 1.82) is 5.26 Å². The Bertz CT molecular complexity index is 366. The van der Waals surface area contributed by atoms with Gasteiger partial charge in [0.2, 0.25) is 0 Å². The van der Waals surface area contributed by atoms with Crippen molar-refractivity contribution in [2.24, 2.45) is 5.92 Å². The van der Waals surface area contributed by atoms with E-state index in [0.717, 1.165) is 25.8 Å². The highest BCUT2D eigenvalue weighted by Crippen LogP contribution is 2.23. The number of nitrogens with one attached hydrogen (secondary N) is 1. The lowest BCUT2D eigenvalue weighted by atomic mass is 9.85. The third-order valence-electron chi connectivity index (χ3n) is 3.59. The summed E-state index contributed by atoms with van der Waals surface area (Å²) in [7, 11) is 0. The van der Waals surface area contributed by atoms with Gasteiger partial charge in [0.15, 0.2) is 0 Å². The maximum atomic E-state index is 9.09. The molecule has 1 aromatic rings. The summed E-state index contributed by atoms with van der Waals surface area (Å²) in [5.41, 5.74) is 1.37. The SMILES string of the molecule is N#CC1CCCCC1NCCc1ccccc1. The van der Waals surface area contributed by atoms with Crippen LogP contribution in [0.15, 0.2) is 30.3 Å². The van der Waals surface area contributed by atoms with Gasteiger partial charge in [0.1, 0.15) is 0 Å². The molecule has 0 bridgehead atoms. The van der Waals surface area contributed by atoms with Gasteiger partial charge in [0.05, 0.1) is 12.0 Å². The zero-order valence-electron chi connectivity index (χ0n) is 10.2. The first kappa shape index (κ1) is 12.1. The number of nitriles is 1. The highest BCUT2D eigenvalue weighted by atomic mass is 14.9. The van der Waals surface area contributed by atoms with Gasteiger partial charge in [-0.3, -0.25) is 0 Å². The molecule has 1 saturated carbocycles. The van der Waals surface area contributed by atoms with E-state index in [2.05, 4.69) is 35.7 Å². The predicted octanol–water partition coefficient (Wildman–Crippen LogP) is 2.90. The second-order valence-electron chi connectivity index (χ2n) is 4.82. The number of hydrogen-bond acceptors (Lipinski definition) is 2. The summed E-state index contributed by atoms with van der Waals surface area (Å²) in [6, 6.07) is 13.4. The van der Waals surface area contributed by atoms with Crippen molar-refractivity contribution in [3.05, 3.63) is 35.9 Å². The van der Waals surface area contributed by atoms with E-state index in [4.69, 9.17) is 5.26 Å². The van der Waals surface area contributed by atoms with Crippen molar-refractivity contribution in [1.82, 2.24) is 5.32 Å². The van der Waals surface area contributed by atoms with Crippen LogP contribution in [0.25, 0.3) is 0 Å². The van der Waals surface area contributed by atoms with E-state index in [9.17, 15) is 0 Å². The molecule has 1 aromatic carbocycles. The van der Waals surface area contributed by atoms with Crippen LogP contribution in [0.1, 0.15) is 31.2 Å². The van der Waals surface area contributed by atoms with Crippen LogP contribution < -0.4 is 5.32 Å². The Morgan fingerprint density at radius 1 is 1.18 bits per heavy atom. The van der Waals surface area contributed by atoms with Gasteiger partial charge in [0.25, 0.3) is 0 Å². The highest BCUT2D eigenvalue weighted by Gasteiger charge is 2.23. The first-order chi connectivity index (χ1) is 8.40. The number of hydrogen-bond donors (Lipinski definition) is 1. The Hall–Kier alpha value is -1.33. The molecule has 2 heteroatoms. The molecule has 1 N–H and O–H groups in total. The quantitative estimate of drug-likeness (QED) is 0.860. The Kier molecular flexibility index (Phi) is 4.58. The van der Waals surface area contributed by atoms with E-state index in [1.54, 1.807) is 0 Å². The Balaban J connectivity index is 1.76. The van der Waals surface area contributed by atoms with E-state index < -0.39 is 0 Å². The van der Waals surface area contributed by atoms with E-state index in [1.165, 1.54) is 18.4 Å². The summed E-state index contributed by atoms with van der Waals surface area (Å²) in [5.74, 6) is 0.222. The minimum atomic E-state index is 0.222. The van der Waals surface area contributed by atoms with Gasteiger partial charge < -0.3 is 5.32 Å². The standard InChI is InChI=1S/C15H20N2/c16-12-14-8-4-5-9-15(14)17-11-10-13-6-2-1-3-7-13/h1-3,6-7,14-15,17H,4-5,8-11H2. The summed E-state index contributed by atoms with van der Waals surface area (Å²) < 4.78 is 0. The van der Waals surface area contributed by atoms with Crippen LogP contribution in [0.4, 0.5) is 0 Å². The largest absolute Gasteiger partial charge is 0.312 e. The average Bonchev–Trinajstić information content (AvgIpc) is 2.40. The minimum absolute atomic E-state index is 0.222. The molecular weight excluding hydrogens is 208 g/mol. The zero-order valence-corrected chi connectivity index (χ0v) is 10.2. The molecule has 2 atom stereocenters. The molecule has 0 radical (unpaired) electrons. The number of benzene rings is 1. The normalized spacial score (nSPS) is 24.2. The summed E-state index contributed by atoms with van der Waals surface area (Å²) >= 11 is 0. The summed E-state index contributed by atoms with van der Waals surface area (Å²) in [4.78, 5) is 0. The van der Waals surface area contributed by atoms with Crippen molar-refractivity contribution in [2.75, 3.05) is 6.54 Å². The van der Waals surface area contributed by atoms with Crippen LogP contribution in [0.3, 0.4) is 0 Å². The van der Waals surface area contributed by atoms with Crippen LogP contribution in [0.2, 0.25) is 0 Å². The summed E-state index contributed by atoms with van der Waals surface area (Å²) in [6.07, 6.45) is 5.76. The van der Waals surface area contributed by atoms with Crippen molar-refractivity contribution < 1.29 is 0 Å². The Labute approximate surface area is 104 Å². The summed E-state index contributed by atoms with van der Waals surface area (Å²) in [6.45, 7) is 0.979. The third-order valence-corrected chi connectivity index (χ3v) is 3.59. The maximum absolute atomic E-state index is 9.09. The zero-order chi connectivity index (χ0) is 11.9. The van der Waals surface area contributed by atoms with E-state index in [1.807, 2.05) is 6.07 Å². The molecule has 1 fully saturated rings. The average molecular weight is 228 g/mol. The van der Waals surface area contributed by atoms with Gasteiger partial charge in [0, 0.05) is 6.04 Å². The molecule has 90 valence electrons. The first-order valence-corrected chi connectivity index (χ1v) is 6.57. The van der Waals surface area contributed by atoms with Crippen LogP contribution in [-0.4, -0.2) is 12.6 Å². The molecule has 2 nitrogen and oxygen atoms in total. The van der Waals surface area contributed by atoms with Crippen LogP contribution in [-0.2, 0) is 6.42 Å². The minimum Gasteiger partial charge on any atom is -0.312 e. The monoisotopic (exact) mass is 228 g/mol. The van der Waals surface area contributed by atoms with Crippen LogP contribution in [0.5, 0.6) is 0 Å². The lowest BCUT2D eigenvalue weighted by molar-refractivity contribution is 0.314. The van der Waals surface area contributed by atoms with Crippen LogP contribution >= 0.6 is 0 Å². The molecule has 1 aliphatic carbocycles. The first-order valence-electron chi connectivity index (χ1n) is 6.57. The fourth-order valence-electron chi connectivity index (χ4n) is 2.58. The van der Waals surface area contributed by atoms with E-state index in [-0.39, 0.29) is 5.92 Å². The molecule has 0 amide bonds. The molecule has 2 unspecified atom stereocenters. The van der Waals surface area contributed by atoms with Crippen molar-refractivity contribution >= 4 is 0 Å². The predicted molar refractivity (Wildman–Crippen MR) is 69.5 cm³/mol. The molecule has 0 spiro atoms. The highest BCUT2D eigenvalue weighted by molar-refractivity contribution is 5.14. The molecular formula is C15H20N2. The smallest absolute Gasteiger partial charge is 0.0672 e. The van der Waals surface area contributed by atoms with Gasteiger partial charge in [-0.1, -0.05) is 43.2 Å². The van der Waals surface area contributed by atoms with Crippen LogP contribution in [0, 0.1) is 17.2 Å². The molecule has 0 saturated heterocycles. The topological polar surface area (TPSA) is 35.8 Å². The molecule has 2 rings (SSSR count). The fourth-order valence-corrected chi connectivity index (χ4v) is 2.58. The summed E-state index contributed by atoms with van der Waals surface area (Å²) in [5, 5.41) is 12.6. The van der Waals surface area contributed by atoms with Crippen molar-refractivity contribution in [3.8, 4) is 6.07 Å². The number of nitrogens with zero attached hydrogens (tertiary/aromatic N) is 1.